The Labute approximate surface area is 228 Å². The number of benzene rings is 2. The van der Waals surface area contributed by atoms with Gasteiger partial charge in [-0.2, -0.15) is 0 Å². The normalized spacial score (nSPS) is 24.3. The Morgan fingerprint density at radius 1 is 0.789 bits per heavy atom. The van der Waals surface area contributed by atoms with E-state index in [1.165, 1.54) is 7.11 Å². The Morgan fingerprint density at radius 3 is 1.68 bits per heavy atom. The summed E-state index contributed by atoms with van der Waals surface area (Å²) >= 11 is 0. The summed E-state index contributed by atoms with van der Waals surface area (Å²) in [6.07, 6.45) is -3.73. The lowest BCUT2D eigenvalue weighted by Crippen LogP contribution is -2.61. The minimum absolute atomic E-state index is 0.0333. The lowest BCUT2D eigenvalue weighted by molar-refractivity contribution is -0.310. The molecule has 1 N–H and O–H groups in total. The van der Waals surface area contributed by atoms with Crippen molar-refractivity contribution in [2.75, 3.05) is 27.9 Å². The molecule has 5 atom stereocenters. The number of rotatable bonds is 12. The second kappa shape index (κ2) is 13.4. The molecule has 0 saturated carbocycles. The quantitative estimate of drug-likeness (QED) is 0.374. The van der Waals surface area contributed by atoms with Crippen molar-refractivity contribution in [2.45, 2.75) is 82.8 Å². The van der Waals surface area contributed by atoms with Gasteiger partial charge in [-0.15, -0.1) is 0 Å². The minimum atomic E-state index is -2.07. The van der Waals surface area contributed by atoms with E-state index in [0.717, 1.165) is 22.6 Å². The summed E-state index contributed by atoms with van der Waals surface area (Å²) in [5, 5.41) is 11.2. The average Bonchev–Trinajstić information content (AvgIpc) is 2.90. The number of methoxy groups -OCH3 is 3. The second-order valence-electron chi connectivity index (χ2n) is 11.1. The summed E-state index contributed by atoms with van der Waals surface area (Å²) in [6, 6.07) is 15.3. The zero-order valence-electron chi connectivity index (χ0n) is 23.9. The van der Waals surface area contributed by atoms with Gasteiger partial charge in [0.1, 0.15) is 35.9 Å². The maximum atomic E-state index is 11.2. The maximum absolute atomic E-state index is 11.2. The Bertz CT molecular complexity index is 974. The molecule has 8 nitrogen and oxygen atoms in total. The molecule has 9 heteroatoms. The predicted octanol–water partition coefficient (Wildman–Crippen LogP) is 4.93. The van der Waals surface area contributed by atoms with Crippen molar-refractivity contribution >= 4 is 8.32 Å². The fourth-order valence-corrected chi connectivity index (χ4v) is 4.97. The first-order valence-electron chi connectivity index (χ1n) is 13.0. The van der Waals surface area contributed by atoms with E-state index in [2.05, 4.69) is 33.9 Å². The SMILES string of the molecule is COc1ccc(CO[C@@H]2[C@@H](O)[C@@H](OC)O[C@H](CO[Si](C)(C)C(C)(C)C)[C@H]2OCc2ccc(OC)cc2)cc1. The van der Waals surface area contributed by atoms with Crippen LogP contribution in [0.5, 0.6) is 11.5 Å². The van der Waals surface area contributed by atoms with Crippen LogP contribution >= 0.6 is 0 Å². The molecule has 1 heterocycles. The number of hydrogen-bond donors (Lipinski definition) is 1. The summed E-state index contributed by atoms with van der Waals surface area (Å²) in [7, 11) is 2.71. The van der Waals surface area contributed by atoms with Crippen LogP contribution < -0.4 is 9.47 Å². The Morgan fingerprint density at radius 2 is 1.26 bits per heavy atom. The summed E-state index contributed by atoms with van der Waals surface area (Å²) in [5.41, 5.74) is 1.91. The van der Waals surface area contributed by atoms with Crippen molar-refractivity contribution in [1.29, 1.82) is 0 Å². The third kappa shape index (κ3) is 7.78. The zero-order valence-corrected chi connectivity index (χ0v) is 24.9. The van der Waals surface area contributed by atoms with E-state index in [9.17, 15) is 5.11 Å². The van der Waals surface area contributed by atoms with Crippen LogP contribution in [0, 0.1) is 0 Å². The van der Waals surface area contributed by atoms with Crippen LogP contribution in [-0.2, 0) is 36.6 Å². The van der Waals surface area contributed by atoms with Gasteiger partial charge in [0.15, 0.2) is 14.6 Å². The Kier molecular flexibility index (Phi) is 10.8. The molecule has 0 unspecified atom stereocenters. The Balaban J connectivity index is 1.82. The van der Waals surface area contributed by atoms with E-state index >= 15 is 0 Å². The molecule has 0 bridgehead atoms. The van der Waals surface area contributed by atoms with Gasteiger partial charge in [-0.05, 0) is 53.5 Å². The highest BCUT2D eigenvalue weighted by molar-refractivity contribution is 6.74. The fraction of sp³-hybridized carbons (Fsp3) is 0.586. The first-order chi connectivity index (χ1) is 18.0. The van der Waals surface area contributed by atoms with Crippen LogP contribution in [0.15, 0.2) is 48.5 Å². The van der Waals surface area contributed by atoms with Crippen molar-refractivity contribution in [3.05, 3.63) is 59.7 Å². The van der Waals surface area contributed by atoms with Crippen LogP contribution in [0.4, 0.5) is 0 Å². The van der Waals surface area contributed by atoms with E-state index in [0.29, 0.717) is 13.2 Å². The van der Waals surface area contributed by atoms with Gasteiger partial charge in [0.05, 0.1) is 34.0 Å². The van der Waals surface area contributed by atoms with Gasteiger partial charge >= 0.3 is 0 Å². The molecule has 38 heavy (non-hydrogen) atoms. The third-order valence-electron chi connectivity index (χ3n) is 7.46. The smallest absolute Gasteiger partial charge is 0.192 e. The third-order valence-corrected chi connectivity index (χ3v) is 12.0. The fourth-order valence-electron chi connectivity index (χ4n) is 3.95. The van der Waals surface area contributed by atoms with Gasteiger partial charge in [0.2, 0.25) is 0 Å². The topological polar surface area (TPSA) is 84.8 Å². The van der Waals surface area contributed by atoms with E-state index in [4.69, 9.17) is 32.8 Å². The van der Waals surface area contributed by atoms with Crippen molar-refractivity contribution in [3.8, 4) is 11.5 Å². The van der Waals surface area contributed by atoms with Gasteiger partial charge in [-0.25, -0.2) is 0 Å². The van der Waals surface area contributed by atoms with Gasteiger partial charge in [0, 0.05) is 7.11 Å². The molecule has 0 aliphatic carbocycles. The van der Waals surface area contributed by atoms with E-state index in [-0.39, 0.29) is 11.6 Å². The molecular formula is C29H44O8Si. The highest BCUT2D eigenvalue weighted by atomic mass is 28.4. The molecular weight excluding hydrogens is 504 g/mol. The second-order valence-corrected chi connectivity index (χ2v) is 15.9. The Hall–Kier alpha value is -1.98. The molecule has 2 aromatic rings. The van der Waals surface area contributed by atoms with E-state index in [1.54, 1.807) is 14.2 Å². The maximum Gasteiger partial charge on any atom is 0.192 e. The summed E-state index contributed by atoms with van der Waals surface area (Å²) < 4.78 is 41.5. The summed E-state index contributed by atoms with van der Waals surface area (Å²) in [6.45, 7) is 11.9. The van der Waals surface area contributed by atoms with Crippen LogP contribution in [-0.4, -0.2) is 72.1 Å². The minimum Gasteiger partial charge on any atom is -0.497 e. The lowest BCUT2D eigenvalue weighted by atomic mass is 9.98. The molecule has 1 aliphatic heterocycles. The van der Waals surface area contributed by atoms with Crippen LogP contribution in [0.1, 0.15) is 31.9 Å². The average molecular weight is 549 g/mol. The van der Waals surface area contributed by atoms with E-state index in [1.807, 2.05) is 48.5 Å². The van der Waals surface area contributed by atoms with Crippen molar-refractivity contribution < 1.29 is 38.0 Å². The molecule has 0 radical (unpaired) electrons. The first kappa shape index (κ1) is 30.6. The molecule has 212 valence electrons. The summed E-state index contributed by atoms with van der Waals surface area (Å²) in [5.74, 6) is 1.54. The lowest BCUT2D eigenvalue weighted by Gasteiger charge is -2.45. The first-order valence-corrected chi connectivity index (χ1v) is 15.9. The largest absolute Gasteiger partial charge is 0.497 e. The van der Waals surface area contributed by atoms with Gasteiger partial charge < -0.3 is 38.0 Å². The number of aliphatic hydroxyl groups is 1. The molecule has 0 aromatic heterocycles. The van der Waals surface area contributed by atoms with Crippen molar-refractivity contribution in [1.82, 2.24) is 0 Å². The van der Waals surface area contributed by atoms with Crippen molar-refractivity contribution in [2.24, 2.45) is 0 Å². The monoisotopic (exact) mass is 548 g/mol. The van der Waals surface area contributed by atoms with E-state index < -0.39 is 39.0 Å². The van der Waals surface area contributed by atoms with Crippen LogP contribution in [0.2, 0.25) is 18.1 Å². The number of aliphatic hydroxyl groups excluding tert-OH is 1. The molecule has 0 amide bonds. The molecule has 0 spiro atoms. The highest BCUT2D eigenvalue weighted by Gasteiger charge is 2.48. The highest BCUT2D eigenvalue weighted by Crippen LogP contribution is 2.37. The number of hydrogen-bond acceptors (Lipinski definition) is 8. The van der Waals surface area contributed by atoms with Crippen molar-refractivity contribution in [3.63, 3.8) is 0 Å². The standard InChI is InChI=1S/C29H44O8Si/c1-29(2,3)38(7,8)36-19-24-26(34-17-20-9-13-22(31-4)14-10-20)27(25(30)28(33-6)37-24)35-18-21-11-15-23(32-5)16-12-21/h9-16,24-28,30H,17-19H2,1-8H3/t24-,25-,26-,27-,28+/m1/s1. The van der Waals surface area contributed by atoms with Crippen LogP contribution in [0.25, 0.3) is 0 Å². The zero-order chi connectivity index (χ0) is 27.9. The molecule has 1 aliphatic rings. The predicted molar refractivity (Wildman–Crippen MR) is 148 cm³/mol. The molecule has 1 saturated heterocycles. The molecule has 3 rings (SSSR count). The molecule has 1 fully saturated rings. The van der Waals surface area contributed by atoms with Gasteiger partial charge in [-0.1, -0.05) is 45.0 Å². The van der Waals surface area contributed by atoms with Crippen LogP contribution in [0.3, 0.4) is 0 Å². The van der Waals surface area contributed by atoms with Gasteiger partial charge in [-0.3, -0.25) is 0 Å². The summed E-state index contributed by atoms with van der Waals surface area (Å²) in [4.78, 5) is 0. The molecule has 2 aromatic carbocycles. The van der Waals surface area contributed by atoms with Gasteiger partial charge in [0.25, 0.3) is 0 Å². The number of ether oxygens (including phenoxy) is 6.